The topological polar surface area (TPSA) is 133 Å². The van der Waals surface area contributed by atoms with Gasteiger partial charge >= 0.3 is 0 Å². The molecule has 3 aromatic carbocycles. The minimum atomic E-state index is -3.71. The zero-order valence-electron chi connectivity index (χ0n) is 21.0. The molecule has 194 valence electrons. The molecule has 1 heterocycles. The zero-order valence-corrected chi connectivity index (χ0v) is 21.8. The van der Waals surface area contributed by atoms with Gasteiger partial charge in [0.25, 0.3) is 10.0 Å². The first kappa shape index (κ1) is 26.4. The van der Waals surface area contributed by atoms with Crippen molar-refractivity contribution >= 4 is 32.4 Å². The molecule has 1 atom stereocenters. The fourth-order valence-corrected chi connectivity index (χ4v) is 5.24. The van der Waals surface area contributed by atoms with Crippen LogP contribution in [0, 0.1) is 5.41 Å². The molecule has 0 aliphatic rings. The molecule has 8 nitrogen and oxygen atoms in total. The predicted molar refractivity (Wildman–Crippen MR) is 148 cm³/mol. The average Bonchev–Trinajstić information content (AvgIpc) is 3.29. The van der Waals surface area contributed by atoms with E-state index in [4.69, 9.17) is 11.1 Å². The highest BCUT2D eigenvalue weighted by atomic mass is 32.2. The summed E-state index contributed by atoms with van der Waals surface area (Å²) >= 11 is 0. The Bertz CT molecular complexity index is 1500. The van der Waals surface area contributed by atoms with Gasteiger partial charge in [-0.25, -0.2) is 8.42 Å². The number of aliphatic hydroxyl groups is 1. The van der Waals surface area contributed by atoms with Gasteiger partial charge < -0.3 is 20.7 Å². The van der Waals surface area contributed by atoms with Crippen LogP contribution in [0.2, 0.25) is 0 Å². The molecule has 1 aromatic heterocycles. The Hall–Kier alpha value is -3.66. The number of rotatable bonds is 11. The summed E-state index contributed by atoms with van der Waals surface area (Å²) in [6.45, 7) is 5.26. The van der Waals surface area contributed by atoms with Crippen LogP contribution in [-0.4, -0.2) is 36.0 Å². The average molecular weight is 520 g/mol. The number of anilines is 1. The van der Waals surface area contributed by atoms with Crippen LogP contribution < -0.4 is 15.8 Å². The molecule has 1 unspecified atom stereocenters. The SMILES string of the molecule is CC(C)(CCn1ccc2cc(C(=N)N)ccc21)NCC(O)c1cccc(NS(=O)(=O)c2ccccc2)c1. The van der Waals surface area contributed by atoms with Crippen molar-refractivity contribution in [2.75, 3.05) is 11.3 Å². The highest BCUT2D eigenvalue weighted by Crippen LogP contribution is 2.23. The molecule has 0 saturated heterocycles. The van der Waals surface area contributed by atoms with E-state index in [0.717, 1.165) is 23.9 Å². The van der Waals surface area contributed by atoms with E-state index in [1.807, 2.05) is 30.5 Å². The third kappa shape index (κ3) is 6.56. The fourth-order valence-electron chi connectivity index (χ4n) is 4.16. The summed E-state index contributed by atoms with van der Waals surface area (Å²) < 4.78 is 30.0. The molecule has 0 saturated carbocycles. The van der Waals surface area contributed by atoms with Crippen LogP contribution in [-0.2, 0) is 16.6 Å². The molecule has 0 amide bonds. The first-order valence-electron chi connectivity index (χ1n) is 12.1. The maximum absolute atomic E-state index is 12.6. The lowest BCUT2D eigenvalue weighted by atomic mass is 9.99. The van der Waals surface area contributed by atoms with E-state index in [1.54, 1.807) is 42.5 Å². The number of aromatic nitrogens is 1. The molecule has 37 heavy (non-hydrogen) atoms. The number of fused-ring (bicyclic) bond motifs is 1. The van der Waals surface area contributed by atoms with Crippen molar-refractivity contribution in [3.05, 3.63) is 96.2 Å². The Balaban J connectivity index is 1.35. The number of hydrogen-bond donors (Lipinski definition) is 5. The molecule has 6 N–H and O–H groups in total. The molecular formula is C28H33N5O3S. The fraction of sp³-hybridized carbons (Fsp3) is 0.250. The lowest BCUT2D eigenvalue weighted by Crippen LogP contribution is -2.42. The number of β-amino-alcohol motifs (C(OH)–C–C–N with tert-alkyl or cyclic N) is 1. The Morgan fingerprint density at radius 3 is 2.54 bits per heavy atom. The van der Waals surface area contributed by atoms with Crippen LogP contribution in [0.4, 0.5) is 5.69 Å². The summed E-state index contributed by atoms with van der Waals surface area (Å²) in [5.74, 6) is 0.0534. The van der Waals surface area contributed by atoms with E-state index < -0.39 is 16.1 Å². The number of hydrogen-bond acceptors (Lipinski definition) is 5. The lowest BCUT2D eigenvalue weighted by Gasteiger charge is -2.28. The third-order valence-electron chi connectivity index (χ3n) is 6.41. The third-order valence-corrected chi connectivity index (χ3v) is 7.81. The second kappa shape index (κ2) is 10.8. The number of amidine groups is 1. The van der Waals surface area contributed by atoms with Gasteiger partial charge in [0.1, 0.15) is 5.84 Å². The number of sulfonamides is 1. The smallest absolute Gasteiger partial charge is 0.261 e. The van der Waals surface area contributed by atoms with Gasteiger partial charge in [-0.05, 0) is 74.4 Å². The van der Waals surface area contributed by atoms with Crippen molar-refractivity contribution in [1.29, 1.82) is 5.41 Å². The van der Waals surface area contributed by atoms with Gasteiger partial charge in [0.05, 0.1) is 11.0 Å². The van der Waals surface area contributed by atoms with Crippen LogP contribution in [0.25, 0.3) is 10.9 Å². The van der Waals surface area contributed by atoms with Gasteiger partial charge in [-0.15, -0.1) is 0 Å². The standard InChI is InChI=1S/C28H33N5O3S/c1-28(2,14-16-33-15-13-20-17-22(27(29)30)11-12-25(20)33)31-19-26(34)21-7-6-8-23(18-21)32-37(35,36)24-9-4-3-5-10-24/h3-13,15,17-18,26,31-32,34H,14,16,19H2,1-2H3,(H3,29,30). The number of nitrogens with one attached hydrogen (secondary N) is 3. The molecule has 4 aromatic rings. The molecule has 0 aliphatic heterocycles. The van der Waals surface area contributed by atoms with E-state index in [2.05, 4.69) is 28.5 Å². The van der Waals surface area contributed by atoms with Crippen LogP contribution >= 0.6 is 0 Å². The summed E-state index contributed by atoms with van der Waals surface area (Å²) in [6.07, 6.45) is 2.04. The van der Waals surface area contributed by atoms with Gasteiger partial charge in [0.2, 0.25) is 0 Å². The van der Waals surface area contributed by atoms with Crippen molar-refractivity contribution in [1.82, 2.24) is 9.88 Å². The quantitative estimate of drug-likeness (QED) is 0.149. The minimum Gasteiger partial charge on any atom is -0.387 e. The largest absolute Gasteiger partial charge is 0.387 e. The minimum absolute atomic E-state index is 0.0534. The van der Waals surface area contributed by atoms with Crippen LogP contribution in [0.1, 0.15) is 37.5 Å². The van der Waals surface area contributed by atoms with Gasteiger partial charge in [-0.3, -0.25) is 10.1 Å². The Kier molecular flexibility index (Phi) is 7.68. The highest BCUT2D eigenvalue weighted by molar-refractivity contribution is 7.92. The molecule has 0 bridgehead atoms. The number of nitrogens with zero attached hydrogens (tertiary/aromatic N) is 1. The molecule has 9 heteroatoms. The number of nitrogens with two attached hydrogens (primary N) is 1. The predicted octanol–water partition coefficient (Wildman–Crippen LogP) is 4.22. The maximum atomic E-state index is 12.6. The number of aliphatic hydroxyl groups excluding tert-OH is 1. The Morgan fingerprint density at radius 2 is 1.81 bits per heavy atom. The maximum Gasteiger partial charge on any atom is 0.261 e. The zero-order chi connectivity index (χ0) is 26.6. The van der Waals surface area contributed by atoms with Crippen LogP contribution in [0.15, 0.2) is 90.0 Å². The normalized spacial score (nSPS) is 12.9. The molecule has 0 aliphatic carbocycles. The second-order valence-electron chi connectivity index (χ2n) is 9.77. The summed E-state index contributed by atoms with van der Waals surface area (Å²) in [4.78, 5) is 0.180. The van der Waals surface area contributed by atoms with Crippen molar-refractivity contribution in [2.24, 2.45) is 5.73 Å². The Labute approximate surface area is 217 Å². The van der Waals surface area contributed by atoms with Crippen molar-refractivity contribution in [3.8, 4) is 0 Å². The molecule has 0 fully saturated rings. The van der Waals surface area contributed by atoms with E-state index in [9.17, 15) is 13.5 Å². The van der Waals surface area contributed by atoms with Gasteiger partial charge in [0, 0.05) is 47.0 Å². The number of nitrogen functional groups attached to an aromatic ring is 1. The number of benzene rings is 3. The molecule has 0 spiro atoms. The molecule has 0 radical (unpaired) electrons. The summed E-state index contributed by atoms with van der Waals surface area (Å²) in [5.41, 5.74) is 8.14. The van der Waals surface area contributed by atoms with Crippen molar-refractivity contribution < 1.29 is 13.5 Å². The van der Waals surface area contributed by atoms with Crippen LogP contribution in [0.5, 0.6) is 0 Å². The van der Waals surface area contributed by atoms with Gasteiger partial charge in [-0.2, -0.15) is 0 Å². The summed E-state index contributed by atoms with van der Waals surface area (Å²) in [6, 6.07) is 22.8. The van der Waals surface area contributed by atoms with Gasteiger partial charge in [0.15, 0.2) is 0 Å². The summed E-state index contributed by atoms with van der Waals surface area (Å²) in [7, 11) is -3.71. The second-order valence-corrected chi connectivity index (χ2v) is 11.5. The first-order chi connectivity index (χ1) is 17.5. The highest BCUT2D eigenvalue weighted by Gasteiger charge is 2.20. The van der Waals surface area contributed by atoms with Crippen molar-refractivity contribution in [3.63, 3.8) is 0 Å². The summed E-state index contributed by atoms with van der Waals surface area (Å²) in [5, 5.41) is 22.9. The molecular weight excluding hydrogens is 486 g/mol. The van der Waals surface area contributed by atoms with E-state index >= 15 is 0 Å². The van der Waals surface area contributed by atoms with Gasteiger partial charge in [-0.1, -0.05) is 30.3 Å². The Morgan fingerprint density at radius 1 is 1.05 bits per heavy atom. The first-order valence-corrected chi connectivity index (χ1v) is 13.6. The van der Waals surface area contributed by atoms with E-state index in [1.165, 1.54) is 12.1 Å². The van der Waals surface area contributed by atoms with E-state index in [0.29, 0.717) is 23.4 Å². The molecule has 4 rings (SSSR count). The lowest BCUT2D eigenvalue weighted by molar-refractivity contribution is 0.158. The van der Waals surface area contributed by atoms with Crippen LogP contribution in [0.3, 0.4) is 0 Å². The number of aryl methyl sites for hydroxylation is 1. The monoisotopic (exact) mass is 519 g/mol. The van der Waals surface area contributed by atoms with E-state index in [-0.39, 0.29) is 16.3 Å². The van der Waals surface area contributed by atoms with Crippen molar-refractivity contribution in [2.45, 2.75) is 43.4 Å².